The molecular formula is C22H20ClNO4. The lowest BCUT2D eigenvalue weighted by molar-refractivity contribution is -0.145. The monoisotopic (exact) mass is 397 g/mol. The van der Waals surface area contributed by atoms with Gasteiger partial charge in [-0.15, -0.1) is 0 Å². The number of hydrogen-bond donors (Lipinski definition) is 0. The molecule has 1 saturated heterocycles. The van der Waals surface area contributed by atoms with Crippen molar-refractivity contribution in [1.82, 2.24) is 0 Å². The summed E-state index contributed by atoms with van der Waals surface area (Å²) in [6, 6.07) is 14.1. The maximum absolute atomic E-state index is 12.6. The molecule has 4 rings (SSSR count). The molecule has 2 aromatic rings. The summed E-state index contributed by atoms with van der Waals surface area (Å²) in [5, 5.41) is 0.611. The van der Waals surface area contributed by atoms with Crippen LogP contribution >= 0.6 is 11.6 Å². The van der Waals surface area contributed by atoms with Gasteiger partial charge >= 0.3 is 5.97 Å². The lowest BCUT2D eigenvalue weighted by atomic mass is 9.96. The average molecular weight is 398 g/mol. The molecular weight excluding hydrogens is 378 g/mol. The van der Waals surface area contributed by atoms with Crippen LogP contribution in [0.25, 0.3) is 0 Å². The number of esters is 1. The molecule has 28 heavy (non-hydrogen) atoms. The lowest BCUT2D eigenvalue weighted by Gasteiger charge is -2.17. The van der Waals surface area contributed by atoms with Crippen molar-refractivity contribution in [3.63, 3.8) is 0 Å². The highest BCUT2D eigenvalue weighted by Crippen LogP contribution is 2.49. The Kier molecular flexibility index (Phi) is 4.94. The zero-order valence-corrected chi connectivity index (χ0v) is 16.1. The summed E-state index contributed by atoms with van der Waals surface area (Å²) >= 11 is 5.92. The number of ketones is 1. The zero-order chi connectivity index (χ0) is 19.7. The normalized spacial score (nSPS) is 17.5. The van der Waals surface area contributed by atoms with Gasteiger partial charge in [0.2, 0.25) is 5.91 Å². The smallest absolute Gasteiger partial charge is 0.317 e. The molecule has 1 saturated carbocycles. The van der Waals surface area contributed by atoms with Crippen molar-refractivity contribution in [3.05, 3.63) is 64.7 Å². The highest BCUT2D eigenvalue weighted by molar-refractivity contribution is 6.30. The number of benzene rings is 2. The van der Waals surface area contributed by atoms with E-state index in [0.717, 1.165) is 12.0 Å². The molecule has 6 heteroatoms. The first-order chi connectivity index (χ1) is 13.5. The molecule has 2 fully saturated rings. The van der Waals surface area contributed by atoms with Crippen LogP contribution in [0.2, 0.25) is 5.02 Å². The van der Waals surface area contributed by atoms with Crippen molar-refractivity contribution < 1.29 is 19.1 Å². The minimum atomic E-state index is -0.658. The first-order valence-corrected chi connectivity index (χ1v) is 9.74. The van der Waals surface area contributed by atoms with E-state index in [1.165, 1.54) is 0 Å². The van der Waals surface area contributed by atoms with E-state index in [0.29, 0.717) is 42.1 Å². The van der Waals surface area contributed by atoms with E-state index in [-0.39, 0.29) is 24.3 Å². The number of ether oxygens (including phenoxy) is 1. The van der Waals surface area contributed by atoms with Crippen molar-refractivity contribution in [2.45, 2.75) is 31.1 Å². The van der Waals surface area contributed by atoms with Gasteiger partial charge in [-0.05, 0) is 49.1 Å². The molecule has 0 spiro atoms. The number of hydrogen-bond acceptors (Lipinski definition) is 4. The lowest BCUT2D eigenvalue weighted by Crippen LogP contribution is -2.26. The predicted octanol–water partition coefficient (Wildman–Crippen LogP) is 3.92. The van der Waals surface area contributed by atoms with E-state index in [1.54, 1.807) is 35.2 Å². The molecule has 2 aromatic carbocycles. The second-order valence-electron chi connectivity index (χ2n) is 7.29. The largest absolute Gasteiger partial charge is 0.457 e. The summed E-state index contributed by atoms with van der Waals surface area (Å²) in [5.41, 5.74) is 1.35. The molecule has 1 amide bonds. The number of rotatable bonds is 6. The molecule has 0 unspecified atom stereocenters. The van der Waals surface area contributed by atoms with E-state index in [4.69, 9.17) is 16.3 Å². The number of anilines is 1. The van der Waals surface area contributed by atoms with Crippen LogP contribution in [0.4, 0.5) is 5.69 Å². The van der Waals surface area contributed by atoms with Crippen LogP contribution in [0.5, 0.6) is 0 Å². The van der Waals surface area contributed by atoms with Gasteiger partial charge in [0.05, 0.1) is 5.41 Å². The molecule has 0 aromatic heterocycles. The van der Waals surface area contributed by atoms with E-state index in [2.05, 4.69) is 0 Å². The molecule has 0 bridgehead atoms. The van der Waals surface area contributed by atoms with Crippen LogP contribution in [-0.4, -0.2) is 30.8 Å². The third-order valence-corrected chi connectivity index (χ3v) is 5.68. The second-order valence-corrected chi connectivity index (χ2v) is 7.72. The van der Waals surface area contributed by atoms with Gasteiger partial charge in [0, 0.05) is 29.2 Å². The third kappa shape index (κ3) is 3.54. The van der Waals surface area contributed by atoms with Crippen molar-refractivity contribution in [1.29, 1.82) is 0 Å². The van der Waals surface area contributed by atoms with Crippen LogP contribution < -0.4 is 4.90 Å². The molecule has 0 atom stereocenters. The molecule has 1 heterocycles. The summed E-state index contributed by atoms with van der Waals surface area (Å²) < 4.78 is 5.35. The Morgan fingerprint density at radius 3 is 2.50 bits per heavy atom. The summed E-state index contributed by atoms with van der Waals surface area (Å²) in [4.78, 5) is 38.7. The standard InChI is InChI=1S/C22H20ClNO4/c23-17-8-6-16(7-9-17)22(10-11-22)21(27)28-14-19(25)15-3-1-4-18(13-15)24-12-2-5-20(24)26/h1,3-4,6-9,13H,2,5,10-12,14H2. The zero-order valence-electron chi connectivity index (χ0n) is 15.3. The molecule has 2 aliphatic rings. The van der Waals surface area contributed by atoms with Gasteiger partial charge in [0.25, 0.3) is 0 Å². The Morgan fingerprint density at radius 2 is 1.86 bits per heavy atom. The van der Waals surface area contributed by atoms with Crippen molar-refractivity contribution in [2.24, 2.45) is 0 Å². The number of Topliss-reactive ketones (excluding diaryl/α,β-unsaturated/α-hetero) is 1. The minimum absolute atomic E-state index is 0.0645. The molecule has 0 radical (unpaired) electrons. The Hall–Kier alpha value is -2.66. The number of amides is 1. The van der Waals surface area contributed by atoms with Gasteiger partial charge in [-0.1, -0.05) is 35.9 Å². The highest BCUT2D eigenvalue weighted by atomic mass is 35.5. The fourth-order valence-electron chi connectivity index (χ4n) is 3.63. The van der Waals surface area contributed by atoms with Crippen LogP contribution in [0.3, 0.4) is 0 Å². The van der Waals surface area contributed by atoms with Crippen molar-refractivity contribution >= 4 is 34.9 Å². The highest BCUT2D eigenvalue weighted by Gasteiger charge is 2.52. The number of carbonyl (C=O) groups excluding carboxylic acids is 3. The molecule has 0 N–H and O–H groups in total. The molecule has 144 valence electrons. The minimum Gasteiger partial charge on any atom is -0.457 e. The summed E-state index contributed by atoms with van der Waals surface area (Å²) in [6.45, 7) is 0.348. The number of halogens is 1. The first-order valence-electron chi connectivity index (χ1n) is 9.36. The van der Waals surface area contributed by atoms with Crippen LogP contribution in [0, 0.1) is 0 Å². The SMILES string of the molecule is O=C(COC(=O)C1(c2ccc(Cl)cc2)CC1)c1cccc(N2CCCC2=O)c1. The maximum atomic E-state index is 12.6. The van der Waals surface area contributed by atoms with Crippen LogP contribution in [0.1, 0.15) is 41.6 Å². The van der Waals surface area contributed by atoms with E-state index < -0.39 is 5.41 Å². The predicted molar refractivity (Wildman–Crippen MR) is 106 cm³/mol. The van der Waals surface area contributed by atoms with Gasteiger partial charge in [0.15, 0.2) is 12.4 Å². The Bertz CT molecular complexity index is 934. The molecule has 1 aliphatic carbocycles. The van der Waals surface area contributed by atoms with E-state index in [1.807, 2.05) is 18.2 Å². The Labute approximate surface area is 168 Å². The van der Waals surface area contributed by atoms with Crippen LogP contribution in [0.15, 0.2) is 48.5 Å². The Morgan fingerprint density at radius 1 is 1.11 bits per heavy atom. The topological polar surface area (TPSA) is 63.7 Å². The van der Waals surface area contributed by atoms with Gasteiger partial charge in [-0.3, -0.25) is 14.4 Å². The maximum Gasteiger partial charge on any atom is 0.317 e. The van der Waals surface area contributed by atoms with E-state index >= 15 is 0 Å². The summed E-state index contributed by atoms with van der Waals surface area (Å²) in [5.74, 6) is -0.600. The summed E-state index contributed by atoms with van der Waals surface area (Å²) in [7, 11) is 0. The van der Waals surface area contributed by atoms with Gasteiger partial charge < -0.3 is 9.64 Å². The fraction of sp³-hybridized carbons (Fsp3) is 0.318. The van der Waals surface area contributed by atoms with E-state index in [9.17, 15) is 14.4 Å². The molecule has 5 nitrogen and oxygen atoms in total. The van der Waals surface area contributed by atoms with Crippen molar-refractivity contribution in [2.75, 3.05) is 18.1 Å². The molecule has 1 aliphatic heterocycles. The summed E-state index contributed by atoms with van der Waals surface area (Å²) in [6.07, 6.45) is 2.76. The Balaban J connectivity index is 1.41. The van der Waals surface area contributed by atoms with Gasteiger partial charge in [-0.25, -0.2) is 0 Å². The second kappa shape index (κ2) is 7.40. The number of carbonyl (C=O) groups is 3. The quantitative estimate of drug-likeness (QED) is 0.547. The van der Waals surface area contributed by atoms with Crippen LogP contribution in [-0.2, 0) is 19.7 Å². The van der Waals surface area contributed by atoms with Crippen molar-refractivity contribution in [3.8, 4) is 0 Å². The van der Waals surface area contributed by atoms with Gasteiger partial charge in [-0.2, -0.15) is 0 Å². The third-order valence-electron chi connectivity index (χ3n) is 5.43. The first kappa shape index (κ1) is 18.7. The van der Waals surface area contributed by atoms with Gasteiger partial charge in [0.1, 0.15) is 0 Å². The average Bonchev–Trinajstić information content (AvgIpc) is 3.41. The number of nitrogens with zero attached hydrogens (tertiary/aromatic N) is 1. The fourth-order valence-corrected chi connectivity index (χ4v) is 3.75.